The van der Waals surface area contributed by atoms with Crippen LogP contribution >= 0.6 is 0 Å². The number of hydrogen-bond donors (Lipinski definition) is 1. The van der Waals surface area contributed by atoms with Gasteiger partial charge in [0.1, 0.15) is 0 Å². The number of nitrogens with one attached hydrogen (secondary N) is 1. The molecule has 1 aliphatic carbocycles. The van der Waals surface area contributed by atoms with Crippen molar-refractivity contribution in [3.05, 3.63) is 12.2 Å². The summed E-state index contributed by atoms with van der Waals surface area (Å²) in [4.78, 5) is 33.2. The van der Waals surface area contributed by atoms with E-state index in [9.17, 15) is 14.4 Å². The lowest BCUT2D eigenvalue weighted by atomic mass is 10.2. The highest BCUT2D eigenvalue weighted by molar-refractivity contribution is 6.13. The molecule has 0 spiro atoms. The van der Waals surface area contributed by atoms with E-state index in [1.54, 1.807) is 0 Å². The van der Waals surface area contributed by atoms with Gasteiger partial charge in [-0.2, -0.15) is 0 Å². The summed E-state index contributed by atoms with van der Waals surface area (Å²) in [6.45, 7) is 2.81. The van der Waals surface area contributed by atoms with Crippen molar-refractivity contribution in [3.8, 4) is 0 Å². The van der Waals surface area contributed by atoms with E-state index < -0.39 is 0 Å². The number of hydrogen-bond acceptors (Lipinski definition) is 3. The molecule has 5 nitrogen and oxygen atoms in total. The lowest BCUT2D eigenvalue weighted by Gasteiger charge is -2.20. The van der Waals surface area contributed by atoms with Gasteiger partial charge in [-0.25, -0.2) is 0 Å². The van der Waals surface area contributed by atoms with Gasteiger partial charge in [0.25, 0.3) is 11.8 Å². The second kappa shape index (κ2) is 7.63. The van der Waals surface area contributed by atoms with Gasteiger partial charge < -0.3 is 5.32 Å². The van der Waals surface area contributed by atoms with Gasteiger partial charge in [-0.3, -0.25) is 19.3 Å². The Morgan fingerprint density at radius 3 is 2.22 bits per heavy atom. The Kier molecular flexibility index (Phi) is 6.11. The third-order valence-electron chi connectivity index (χ3n) is 3.01. The summed E-state index contributed by atoms with van der Waals surface area (Å²) < 4.78 is 0. The van der Waals surface area contributed by atoms with Gasteiger partial charge >= 0.3 is 0 Å². The predicted octanol–water partition coefficient (Wildman–Crippen LogP) is 0.996. The molecule has 3 amide bonds. The minimum Gasteiger partial charge on any atom is -0.359 e. The summed E-state index contributed by atoms with van der Waals surface area (Å²) in [6, 6.07) is 0.181. The summed E-state index contributed by atoms with van der Waals surface area (Å²) in [6.07, 6.45) is 8.70. The van der Waals surface area contributed by atoms with E-state index in [2.05, 4.69) is 5.32 Å². The summed E-state index contributed by atoms with van der Waals surface area (Å²) in [5, 5.41) is 2.52. The Bertz CT molecular complexity index is 315. The van der Waals surface area contributed by atoms with Crippen molar-refractivity contribution >= 4 is 18.2 Å². The summed E-state index contributed by atoms with van der Waals surface area (Å²) >= 11 is 0. The predicted molar refractivity (Wildman–Crippen MR) is 67.6 cm³/mol. The molecule has 2 aliphatic rings. The van der Waals surface area contributed by atoms with Gasteiger partial charge in [-0.1, -0.05) is 19.8 Å². The molecular weight excluding hydrogens is 232 g/mol. The second-order valence-corrected chi connectivity index (χ2v) is 4.39. The molecule has 1 aliphatic heterocycles. The fraction of sp³-hybridized carbons (Fsp3) is 0.615. The molecule has 5 heteroatoms. The number of carbonyl (C=O) groups is 3. The third-order valence-corrected chi connectivity index (χ3v) is 3.01. The highest BCUT2D eigenvalue weighted by Gasteiger charge is 2.32. The van der Waals surface area contributed by atoms with E-state index in [0.29, 0.717) is 6.41 Å². The van der Waals surface area contributed by atoms with Crippen LogP contribution in [0.1, 0.15) is 39.0 Å². The molecule has 0 atom stereocenters. The average molecular weight is 252 g/mol. The highest BCUT2D eigenvalue weighted by Crippen LogP contribution is 2.25. The summed E-state index contributed by atoms with van der Waals surface area (Å²) in [7, 11) is 0. The van der Waals surface area contributed by atoms with Crippen LogP contribution in [0.2, 0.25) is 0 Å². The standard InChI is InChI=1S/C9H11NO2.C4H9NO/c11-8-5-6-9(12)10(8)7-3-1-2-4-7;1-2-3-5-4-6/h5-7H,1-4H2;4H,2-3H2,1H3,(H,5,6). The van der Waals surface area contributed by atoms with Crippen molar-refractivity contribution in [2.75, 3.05) is 6.54 Å². The molecule has 18 heavy (non-hydrogen) atoms. The van der Waals surface area contributed by atoms with Crippen LogP contribution < -0.4 is 5.32 Å². The first kappa shape index (κ1) is 14.4. The minimum atomic E-state index is -0.132. The molecule has 0 bridgehead atoms. The molecule has 1 heterocycles. The number of carbonyl (C=O) groups excluding carboxylic acids is 3. The maximum atomic E-state index is 11.2. The fourth-order valence-electron chi connectivity index (χ4n) is 2.14. The first-order valence-electron chi connectivity index (χ1n) is 6.43. The molecule has 1 N–H and O–H groups in total. The van der Waals surface area contributed by atoms with Crippen molar-refractivity contribution < 1.29 is 14.4 Å². The van der Waals surface area contributed by atoms with Gasteiger partial charge in [0.15, 0.2) is 0 Å². The first-order chi connectivity index (χ1) is 8.70. The normalized spacial score (nSPS) is 18.8. The smallest absolute Gasteiger partial charge is 0.253 e. The van der Waals surface area contributed by atoms with Crippen LogP contribution in [0.5, 0.6) is 0 Å². The molecule has 2 rings (SSSR count). The molecule has 0 unspecified atom stereocenters. The Labute approximate surface area is 107 Å². The van der Waals surface area contributed by atoms with Gasteiger partial charge in [0.05, 0.1) is 0 Å². The Hall–Kier alpha value is -1.65. The molecule has 100 valence electrons. The largest absolute Gasteiger partial charge is 0.359 e. The molecule has 0 aromatic carbocycles. The molecule has 0 aromatic heterocycles. The third kappa shape index (κ3) is 3.98. The van der Waals surface area contributed by atoms with Crippen LogP contribution in [0.4, 0.5) is 0 Å². The molecular formula is C13H20N2O3. The van der Waals surface area contributed by atoms with Gasteiger partial charge in [-0.15, -0.1) is 0 Å². The monoisotopic (exact) mass is 252 g/mol. The van der Waals surface area contributed by atoms with E-state index in [-0.39, 0.29) is 17.9 Å². The Balaban J connectivity index is 0.000000232. The zero-order valence-electron chi connectivity index (χ0n) is 10.7. The minimum absolute atomic E-state index is 0.132. The SMILES string of the molecule is CCCNC=O.O=C1C=CC(=O)N1C1CCCC1. The maximum Gasteiger partial charge on any atom is 0.253 e. The van der Waals surface area contributed by atoms with E-state index >= 15 is 0 Å². The lowest BCUT2D eigenvalue weighted by Crippen LogP contribution is -2.38. The van der Waals surface area contributed by atoms with Crippen molar-refractivity contribution in [1.29, 1.82) is 0 Å². The molecule has 0 saturated heterocycles. The van der Waals surface area contributed by atoms with Crippen LogP contribution in [0, 0.1) is 0 Å². The van der Waals surface area contributed by atoms with E-state index in [1.165, 1.54) is 17.1 Å². The van der Waals surface area contributed by atoms with Gasteiger partial charge in [0, 0.05) is 24.7 Å². The van der Waals surface area contributed by atoms with Crippen molar-refractivity contribution in [1.82, 2.24) is 10.2 Å². The van der Waals surface area contributed by atoms with Crippen LogP contribution in [0.25, 0.3) is 0 Å². The topological polar surface area (TPSA) is 66.5 Å². The maximum absolute atomic E-state index is 11.2. The number of rotatable bonds is 4. The number of imide groups is 1. The zero-order valence-corrected chi connectivity index (χ0v) is 10.7. The lowest BCUT2D eigenvalue weighted by molar-refractivity contribution is -0.139. The average Bonchev–Trinajstić information content (AvgIpc) is 2.98. The summed E-state index contributed by atoms with van der Waals surface area (Å²) in [5.41, 5.74) is 0. The number of amides is 3. The zero-order chi connectivity index (χ0) is 13.4. The molecule has 1 saturated carbocycles. The molecule has 0 radical (unpaired) electrons. The van der Waals surface area contributed by atoms with Gasteiger partial charge in [0.2, 0.25) is 6.41 Å². The van der Waals surface area contributed by atoms with E-state index in [0.717, 1.165) is 38.6 Å². The fourth-order valence-corrected chi connectivity index (χ4v) is 2.14. The van der Waals surface area contributed by atoms with Crippen LogP contribution in [-0.4, -0.2) is 35.7 Å². The van der Waals surface area contributed by atoms with Crippen LogP contribution in [-0.2, 0) is 14.4 Å². The van der Waals surface area contributed by atoms with E-state index in [1.807, 2.05) is 6.92 Å². The second-order valence-electron chi connectivity index (χ2n) is 4.39. The Morgan fingerprint density at radius 2 is 1.83 bits per heavy atom. The van der Waals surface area contributed by atoms with Crippen LogP contribution in [0.15, 0.2) is 12.2 Å². The Morgan fingerprint density at radius 1 is 1.28 bits per heavy atom. The van der Waals surface area contributed by atoms with Crippen molar-refractivity contribution in [2.24, 2.45) is 0 Å². The van der Waals surface area contributed by atoms with Crippen molar-refractivity contribution in [3.63, 3.8) is 0 Å². The van der Waals surface area contributed by atoms with Gasteiger partial charge in [-0.05, 0) is 19.3 Å². The molecule has 1 fully saturated rings. The quantitative estimate of drug-likeness (QED) is 0.461. The van der Waals surface area contributed by atoms with E-state index in [4.69, 9.17) is 0 Å². The highest BCUT2D eigenvalue weighted by atomic mass is 16.2. The van der Waals surface area contributed by atoms with Crippen molar-refractivity contribution in [2.45, 2.75) is 45.1 Å². The molecule has 0 aromatic rings. The number of nitrogens with zero attached hydrogens (tertiary/aromatic N) is 1. The first-order valence-corrected chi connectivity index (χ1v) is 6.43. The van der Waals surface area contributed by atoms with Crippen LogP contribution in [0.3, 0.4) is 0 Å². The summed E-state index contributed by atoms with van der Waals surface area (Å²) in [5.74, 6) is -0.265.